The Morgan fingerprint density at radius 2 is 1.81 bits per heavy atom. The number of nitrogens with one attached hydrogen (secondary N) is 2. The van der Waals surface area contributed by atoms with Crippen molar-refractivity contribution >= 4 is 11.0 Å². The highest BCUT2D eigenvalue weighted by atomic mass is 16.3. The molecule has 1 aliphatic rings. The van der Waals surface area contributed by atoms with Gasteiger partial charge in [0.15, 0.2) is 0 Å². The molecule has 3 nitrogen and oxygen atoms in total. The Morgan fingerprint density at radius 1 is 1.14 bits per heavy atom. The molecule has 1 fully saturated rings. The first-order valence-electron chi connectivity index (χ1n) is 7.83. The summed E-state index contributed by atoms with van der Waals surface area (Å²) >= 11 is 0. The minimum absolute atomic E-state index is 0.174. The zero-order chi connectivity index (χ0) is 15.1. The number of furan rings is 1. The van der Waals surface area contributed by atoms with Gasteiger partial charge < -0.3 is 15.1 Å². The molecule has 0 aliphatic carbocycles. The molecule has 0 radical (unpaired) electrons. The summed E-state index contributed by atoms with van der Waals surface area (Å²) in [4.78, 5) is 0. The van der Waals surface area contributed by atoms with Crippen LogP contribution in [0.3, 0.4) is 0 Å². The summed E-state index contributed by atoms with van der Waals surface area (Å²) in [6.45, 7) is 9.92. The average molecular weight is 286 g/mol. The van der Waals surface area contributed by atoms with E-state index in [9.17, 15) is 0 Å². The van der Waals surface area contributed by atoms with Crippen molar-refractivity contribution in [2.24, 2.45) is 0 Å². The third kappa shape index (κ3) is 3.47. The molecule has 114 valence electrons. The molecule has 2 N–H and O–H groups in total. The standard InChI is InChI=1S/C18H26N2O/c1-17(2)10-14(11-18(3,4)20-17)19-12-15-9-13-7-5-6-8-16(13)21-15/h5-9,14,19-20H,10-12H2,1-4H3. The Labute approximate surface area is 127 Å². The van der Waals surface area contributed by atoms with Gasteiger partial charge in [0.1, 0.15) is 11.3 Å². The number of benzene rings is 1. The maximum Gasteiger partial charge on any atom is 0.134 e. The van der Waals surface area contributed by atoms with Gasteiger partial charge in [0.05, 0.1) is 6.54 Å². The molecule has 0 atom stereocenters. The van der Waals surface area contributed by atoms with Crippen molar-refractivity contribution in [3.8, 4) is 0 Å². The second-order valence-corrected chi connectivity index (χ2v) is 7.63. The van der Waals surface area contributed by atoms with E-state index in [0.29, 0.717) is 6.04 Å². The highest BCUT2D eigenvalue weighted by Gasteiger charge is 2.37. The second-order valence-electron chi connectivity index (χ2n) is 7.63. The van der Waals surface area contributed by atoms with Gasteiger partial charge in [-0.1, -0.05) is 18.2 Å². The van der Waals surface area contributed by atoms with Gasteiger partial charge in [-0.15, -0.1) is 0 Å². The summed E-state index contributed by atoms with van der Waals surface area (Å²) in [6.07, 6.45) is 2.27. The maximum atomic E-state index is 5.88. The Bertz CT molecular complexity index is 578. The molecule has 1 aromatic carbocycles. The van der Waals surface area contributed by atoms with Crippen LogP contribution in [0.15, 0.2) is 34.7 Å². The van der Waals surface area contributed by atoms with Crippen molar-refractivity contribution in [1.29, 1.82) is 0 Å². The summed E-state index contributed by atoms with van der Waals surface area (Å²) in [5.41, 5.74) is 1.32. The van der Waals surface area contributed by atoms with Crippen LogP contribution in [0.2, 0.25) is 0 Å². The minimum Gasteiger partial charge on any atom is -0.460 e. The van der Waals surface area contributed by atoms with Gasteiger partial charge in [0.25, 0.3) is 0 Å². The van der Waals surface area contributed by atoms with E-state index in [1.165, 1.54) is 5.39 Å². The molecule has 1 aliphatic heterocycles. The van der Waals surface area contributed by atoms with Gasteiger partial charge in [0, 0.05) is 22.5 Å². The molecular weight excluding hydrogens is 260 g/mol. The lowest BCUT2D eigenvalue weighted by Crippen LogP contribution is -2.61. The van der Waals surface area contributed by atoms with E-state index < -0.39 is 0 Å². The predicted molar refractivity (Wildman–Crippen MR) is 87.4 cm³/mol. The first-order chi connectivity index (χ1) is 9.83. The zero-order valence-corrected chi connectivity index (χ0v) is 13.5. The van der Waals surface area contributed by atoms with Crippen LogP contribution in [0.5, 0.6) is 0 Å². The number of hydrogen-bond donors (Lipinski definition) is 2. The molecule has 2 aromatic rings. The Balaban J connectivity index is 1.66. The van der Waals surface area contributed by atoms with E-state index in [1.54, 1.807) is 0 Å². The minimum atomic E-state index is 0.174. The van der Waals surface area contributed by atoms with Gasteiger partial charge in [-0.25, -0.2) is 0 Å². The van der Waals surface area contributed by atoms with Gasteiger partial charge in [-0.2, -0.15) is 0 Å². The highest BCUT2D eigenvalue weighted by Crippen LogP contribution is 2.29. The fourth-order valence-corrected chi connectivity index (χ4v) is 3.84. The second kappa shape index (κ2) is 5.15. The normalized spacial score (nSPS) is 21.7. The molecule has 0 amide bonds. The van der Waals surface area contributed by atoms with Crippen LogP contribution in [0.4, 0.5) is 0 Å². The molecule has 0 unspecified atom stereocenters. The summed E-state index contributed by atoms with van der Waals surface area (Å²) in [5, 5.41) is 8.58. The smallest absolute Gasteiger partial charge is 0.134 e. The molecular formula is C18H26N2O. The van der Waals surface area contributed by atoms with Crippen molar-refractivity contribution in [2.45, 2.75) is 64.2 Å². The van der Waals surface area contributed by atoms with Gasteiger partial charge >= 0.3 is 0 Å². The molecule has 1 aromatic heterocycles. The van der Waals surface area contributed by atoms with Gasteiger partial charge in [0.2, 0.25) is 0 Å². The summed E-state index contributed by atoms with van der Waals surface area (Å²) in [7, 11) is 0. The fraction of sp³-hybridized carbons (Fsp3) is 0.556. The van der Waals surface area contributed by atoms with E-state index in [4.69, 9.17) is 4.42 Å². The summed E-state index contributed by atoms with van der Waals surface area (Å²) in [6, 6.07) is 10.8. The number of rotatable bonds is 3. The van der Waals surface area contributed by atoms with E-state index in [-0.39, 0.29) is 11.1 Å². The lowest BCUT2D eigenvalue weighted by atomic mass is 9.79. The Morgan fingerprint density at radius 3 is 2.48 bits per heavy atom. The zero-order valence-electron chi connectivity index (χ0n) is 13.5. The molecule has 21 heavy (non-hydrogen) atoms. The van der Waals surface area contributed by atoms with Crippen LogP contribution >= 0.6 is 0 Å². The molecule has 3 rings (SSSR count). The van der Waals surface area contributed by atoms with Crippen molar-refractivity contribution < 1.29 is 4.42 Å². The van der Waals surface area contributed by atoms with Crippen LogP contribution in [0.1, 0.15) is 46.3 Å². The van der Waals surface area contributed by atoms with Gasteiger partial charge in [-0.05, 0) is 52.7 Å². The van der Waals surface area contributed by atoms with Crippen LogP contribution in [0.25, 0.3) is 11.0 Å². The van der Waals surface area contributed by atoms with Crippen molar-refractivity contribution in [3.63, 3.8) is 0 Å². The van der Waals surface area contributed by atoms with Crippen LogP contribution < -0.4 is 10.6 Å². The van der Waals surface area contributed by atoms with Crippen molar-refractivity contribution in [3.05, 3.63) is 36.1 Å². The van der Waals surface area contributed by atoms with E-state index >= 15 is 0 Å². The van der Waals surface area contributed by atoms with Crippen LogP contribution in [0, 0.1) is 0 Å². The largest absolute Gasteiger partial charge is 0.460 e. The first kappa shape index (κ1) is 14.6. The summed E-state index contributed by atoms with van der Waals surface area (Å²) < 4.78 is 5.88. The third-order valence-corrected chi connectivity index (χ3v) is 4.23. The lowest BCUT2D eigenvalue weighted by molar-refractivity contribution is 0.144. The number of fused-ring (bicyclic) bond motifs is 1. The van der Waals surface area contributed by atoms with E-state index in [0.717, 1.165) is 30.7 Å². The lowest BCUT2D eigenvalue weighted by Gasteiger charge is -2.46. The number of piperidine rings is 1. The highest BCUT2D eigenvalue weighted by molar-refractivity contribution is 5.77. The molecule has 3 heteroatoms. The number of para-hydroxylation sites is 1. The monoisotopic (exact) mass is 286 g/mol. The van der Waals surface area contributed by atoms with E-state index in [2.05, 4.69) is 50.5 Å². The Hall–Kier alpha value is -1.32. The fourth-order valence-electron chi connectivity index (χ4n) is 3.84. The quantitative estimate of drug-likeness (QED) is 0.900. The molecule has 0 saturated carbocycles. The van der Waals surface area contributed by atoms with Crippen LogP contribution in [-0.2, 0) is 6.54 Å². The molecule has 0 bridgehead atoms. The summed E-state index contributed by atoms with van der Waals surface area (Å²) in [5.74, 6) is 1.02. The SMILES string of the molecule is CC1(C)CC(NCc2cc3ccccc3o2)CC(C)(C)N1. The van der Waals surface area contributed by atoms with Crippen molar-refractivity contribution in [2.75, 3.05) is 0 Å². The van der Waals surface area contributed by atoms with E-state index in [1.807, 2.05) is 18.2 Å². The molecule has 1 saturated heterocycles. The Kier molecular flexibility index (Phi) is 3.58. The topological polar surface area (TPSA) is 37.2 Å². The molecule has 0 spiro atoms. The van der Waals surface area contributed by atoms with Crippen molar-refractivity contribution in [1.82, 2.24) is 10.6 Å². The number of hydrogen-bond acceptors (Lipinski definition) is 3. The maximum absolute atomic E-state index is 5.88. The van der Waals surface area contributed by atoms with Gasteiger partial charge in [-0.3, -0.25) is 0 Å². The van der Waals surface area contributed by atoms with Crippen LogP contribution in [-0.4, -0.2) is 17.1 Å². The average Bonchev–Trinajstić information content (AvgIpc) is 2.75. The third-order valence-electron chi connectivity index (χ3n) is 4.23. The molecule has 2 heterocycles. The predicted octanol–water partition coefficient (Wildman–Crippen LogP) is 3.83. The first-order valence-corrected chi connectivity index (χ1v) is 7.83.